The molecule has 0 amide bonds. The van der Waals surface area contributed by atoms with Gasteiger partial charge in [-0.05, 0) is 37.3 Å². The number of Topliss-reactive ketones (excluding diaryl/α,β-unsaturated/α-hetero) is 1. The summed E-state index contributed by atoms with van der Waals surface area (Å²) in [6, 6.07) is 7.88. The smallest absolute Gasteiger partial charge is 0.169 e. The number of carbonyl (C=O) groups excluding carboxylic acids is 1. The van der Waals surface area contributed by atoms with E-state index in [-0.39, 0.29) is 11.7 Å². The van der Waals surface area contributed by atoms with E-state index in [1.54, 1.807) is 0 Å². The highest BCUT2D eigenvalue weighted by Crippen LogP contribution is 2.36. The van der Waals surface area contributed by atoms with Gasteiger partial charge in [0.25, 0.3) is 0 Å². The minimum Gasteiger partial charge on any atom is -0.492 e. The van der Waals surface area contributed by atoms with Gasteiger partial charge in [-0.25, -0.2) is 0 Å². The molecule has 1 heterocycles. The van der Waals surface area contributed by atoms with E-state index in [1.165, 1.54) is 6.42 Å². The number of benzene rings is 1. The largest absolute Gasteiger partial charge is 0.492 e. The minimum absolute atomic E-state index is 0.0736. The number of hydrogen-bond acceptors (Lipinski definition) is 2. The molecule has 2 nitrogen and oxygen atoms in total. The van der Waals surface area contributed by atoms with Gasteiger partial charge in [0.15, 0.2) is 5.78 Å². The molecule has 3 rings (SSSR count). The topological polar surface area (TPSA) is 26.3 Å². The van der Waals surface area contributed by atoms with Crippen molar-refractivity contribution in [2.75, 3.05) is 6.61 Å². The molecule has 2 heteroatoms. The van der Waals surface area contributed by atoms with Crippen LogP contribution < -0.4 is 4.74 Å². The van der Waals surface area contributed by atoms with Gasteiger partial charge >= 0.3 is 0 Å². The number of hydrogen-bond donors (Lipinski definition) is 0. The van der Waals surface area contributed by atoms with E-state index in [0.29, 0.717) is 6.61 Å². The summed E-state index contributed by atoms with van der Waals surface area (Å²) in [5.74, 6) is 1.08. The number of ether oxygens (including phenoxy) is 1. The van der Waals surface area contributed by atoms with Crippen molar-refractivity contribution in [3.05, 3.63) is 41.5 Å². The molecule has 0 radical (unpaired) electrons. The predicted molar refractivity (Wildman–Crippen MR) is 66.2 cm³/mol. The summed E-state index contributed by atoms with van der Waals surface area (Å²) in [6.07, 6.45) is 6.47. The van der Waals surface area contributed by atoms with Crippen molar-refractivity contribution in [1.82, 2.24) is 0 Å². The third-order valence-electron chi connectivity index (χ3n) is 3.62. The Bertz CT molecular complexity index is 474. The third-order valence-corrected chi connectivity index (χ3v) is 3.62. The van der Waals surface area contributed by atoms with E-state index < -0.39 is 0 Å². The van der Waals surface area contributed by atoms with Gasteiger partial charge in [-0.3, -0.25) is 4.79 Å². The molecule has 0 saturated carbocycles. The Kier molecular flexibility index (Phi) is 2.71. The van der Waals surface area contributed by atoms with Gasteiger partial charge in [-0.15, -0.1) is 0 Å². The number of allylic oxidation sites excluding steroid dienone is 2. The van der Waals surface area contributed by atoms with Gasteiger partial charge < -0.3 is 4.74 Å². The Morgan fingerprint density at radius 1 is 1.24 bits per heavy atom. The summed E-state index contributed by atoms with van der Waals surface area (Å²) < 4.78 is 5.57. The highest BCUT2D eigenvalue weighted by molar-refractivity contribution is 6.01. The zero-order valence-corrected chi connectivity index (χ0v) is 9.82. The van der Waals surface area contributed by atoms with Crippen LogP contribution in [-0.4, -0.2) is 12.4 Å². The van der Waals surface area contributed by atoms with Crippen LogP contribution in [0.15, 0.2) is 35.9 Å². The fourth-order valence-electron chi connectivity index (χ4n) is 2.67. The van der Waals surface area contributed by atoms with Gasteiger partial charge in [-0.2, -0.15) is 0 Å². The summed E-state index contributed by atoms with van der Waals surface area (Å²) in [5, 5.41) is 0. The quantitative estimate of drug-likeness (QED) is 0.776. The first kappa shape index (κ1) is 10.6. The Labute approximate surface area is 101 Å². The maximum atomic E-state index is 12.4. The lowest BCUT2D eigenvalue weighted by atomic mass is 9.87. The fourth-order valence-corrected chi connectivity index (χ4v) is 2.67. The van der Waals surface area contributed by atoms with Gasteiger partial charge in [0.2, 0.25) is 0 Å². The van der Waals surface area contributed by atoms with Crippen molar-refractivity contribution >= 4 is 5.78 Å². The molecule has 0 aromatic heterocycles. The molecule has 0 N–H and O–H groups in total. The molecule has 2 aliphatic rings. The second-order valence-corrected chi connectivity index (χ2v) is 4.74. The summed E-state index contributed by atoms with van der Waals surface area (Å²) in [7, 11) is 0. The van der Waals surface area contributed by atoms with Crippen molar-refractivity contribution in [1.29, 1.82) is 0 Å². The molecule has 1 atom stereocenters. The van der Waals surface area contributed by atoms with Crippen LogP contribution in [0.2, 0.25) is 0 Å². The van der Waals surface area contributed by atoms with E-state index in [0.717, 1.165) is 36.1 Å². The van der Waals surface area contributed by atoms with Gasteiger partial charge in [0.1, 0.15) is 12.4 Å². The molecule has 1 aromatic carbocycles. The number of fused-ring (bicyclic) bond motifs is 1. The van der Waals surface area contributed by atoms with Crippen LogP contribution in [0, 0.1) is 0 Å². The molecule has 0 bridgehead atoms. The molecular formula is C15H16O2. The molecule has 0 saturated heterocycles. The number of rotatable bonds is 2. The van der Waals surface area contributed by atoms with E-state index in [1.807, 2.05) is 24.3 Å². The Morgan fingerprint density at radius 2 is 2.12 bits per heavy atom. The molecule has 17 heavy (non-hydrogen) atoms. The molecule has 0 fully saturated rings. The monoisotopic (exact) mass is 228 g/mol. The summed E-state index contributed by atoms with van der Waals surface area (Å²) in [4.78, 5) is 12.4. The standard InChI is InChI=1S/C15H16O2/c16-15(11-6-2-1-3-7-11)13-10-17-14-9-5-4-8-12(13)14/h4-6,8-9,13H,1-3,7,10H2. The Morgan fingerprint density at radius 3 is 2.94 bits per heavy atom. The number of carbonyl (C=O) groups is 1. The molecule has 1 aliphatic carbocycles. The summed E-state index contributed by atoms with van der Waals surface area (Å²) >= 11 is 0. The van der Waals surface area contributed by atoms with Crippen LogP contribution in [0.3, 0.4) is 0 Å². The van der Waals surface area contributed by atoms with Crippen LogP contribution in [0.25, 0.3) is 0 Å². The fraction of sp³-hybridized carbons (Fsp3) is 0.400. The molecule has 1 aliphatic heterocycles. The average molecular weight is 228 g/mol. The Balaban J connectivity index is 1.87. The van der Waals surface area contributed by atoms with Crippen LogP contribution in [0.1, 0.15) is 37.2 Å². The van der Waals surface area contributed by atoms with Gasteiger partial charge in [0, 0.05) is 5.56 Å². The maximum Gasteiger partial charge on any atom is 0.169 e. The van der Waals surface area contributed by atoms with Crippen LogP contribution >= 0.6 is 0 Å². The number of ketones is 1. The van der Waals surface area contributed by atoms with Crippen molar-refractivity contribution in [2.45, 2.75) is 31.6 Å². The molecule has 1 aromatic rings. The first-order valence-electron chi connectivity index (χ1n) is 6.31. The average Bonchev–Trinajstić information content (AvgIpc) is 2.83. The van der Waals surface area contributed by atoms with Crippen LogP contribution in [0.4, 0.5) is 0 Å². The zero-order valence-electron chi connectivity index (χ0n) is 9.82. The normalized spacial score (nSPS) is 22.6. The maximum absolute atomic E-state index is 12.4. The summed E-state index contributed by atoms with van der Waals surface area (Å²) in [6.45, 7) is 0.509. The van der Waals surface area contributed by atoms with Crippen LogP contribution in [-0.2, 0) is 4.79 Å². The van der Waals surface area contributed by atoms with E-state index >= 15 is 0 Å². The lowest BCUT2D eigenvalue weighted by Gasteiger charge is -2.14. The van der Waals surface area contributed by atoms with Gasteiger partial charge in [-0.1, -0.05) is 24.3 Å². The highest BCUT2D eigenvalue weighted by Gasteiger charge is 2.31. The molecule has 88 valence electrons. The summed E-state index contributed by atoms with van der Waals surface area (Å²) in [5.41, 5.74) is 2.07. The Hall–Kier alpha value is -1.57. The van der Waals surface area contributed by atoms with E-state index in [9.17, 15) is 4.79 Å². The third kappa shape index (κ3) is 1.88. The van der Waals surface area contributed by atoms with Crippen molar-refractivity contribution < 1.29 is 9.53 Å². The van der Waals surface area contributed by atoms with Crippen molar-refractivity contribution in [3.63, 3.8) is 0 Å². The second-order valence-electron chi connectivity index (χ2n) is 4.74. The predicted octanol–water partition coefficient (Wildman–Crippen LogP) is 3.23. The van der Waals surface area contributed by atoms with Gasteiger partial charge in [0.05, 0.1) is 5.92 Å². The minimum atomic E-state index is -0.0736. The number of para-hydroxylation sites is 1. The van der Waals surface area contributed by atoms with Crippen molar-refractivity contribution in [3.8, 4) is 5.75 Å². The zero-order chi connectivity index (χ0) is 11.7. The molecule has 1 unspecified atom stereocenters. The second kappa shape index (κ2) is 4.36. The van der Waals surface area contributed by atoms with Crippen molar-refractivity contribution in [2.24, 2.45) is 0 Å². The first-order chi connectivity index (χ1) is 8.36. The lowest BCUT2D eigenvalue weighted by molar-refractivity contribution is -0.117. The molecular weight excluding hydrogens is 212 g/mol. The lowest BCUT2D eigenvalue weighted by Crippen LogP contribution is -2.17. The highest BCUT2D eigenvalue weighted by atomic mass is 16.5. The van der Waals surface area contributed by atoms with E-state index in [4.69, 9.17) is 4.74 Å². The first-order valence-corrected chi connectivity index (χ1v) is 6.31. The van der Waals surface area contributed by atoms with E-state index in [2.05, 4.69) is 6.08 Å². The SMILES string of the molecule is O=C(C1=CCCCC1)C1COc2ccccc21. The molecule has 0 spiro atoms. The van der Waals surface area contributed by atoms with Crippen LogP contribution in [0.5, 0.6) is 5.75 Å².